The number of halogens is 2. The van der Waals surface area contributed by atoms with Crippen LogP contribution in [0.4, 0.5) is 5.69 Å². The van der Waals surface area contributed by atoms with Crippen LogP contribution in [0.5, 0.6) is 0 Å². The molecule has 3 aromatic rings. The van der Waals surface area contributed by atoms with Crippen LogP contribution in [0.3, 0.4) is 0 Å². The first-order valence-corrected chi connectivity index (χ1v) is 11.2. The van der Waals surface area contributed by atoms with Crippen molar-refractivity contribution in [3.05, 3.63) is 99.5 Å². The number of amides is 1. The number of hydrogen-bond acceptors (Lipinski definition) is 4. The fraction of sp³-hybridized carbons (Fsp3) is 0.200. The van der Waals surface area contributed by atoms with Gasteiger partial charge in [-0.2, -0.15) is 0 Å². The van der Waals surface area contributed by atoms with Crippen LogP contribution in [0.25, 0.3) is 0 Å². The Morgan fingerprint density at radius 1 is 1.00 bits per heavy atom. The molecule has 4 rings (SSSR count). The maximum atomic E-state index is 13.7. The number of ether oxygens (including phenoxy) is 1. The zero-order chi connectivity index (χ0) is 23.4. The summed E-state index contributed by atoms with van der Waals surface area (Å²) in [4.78, 5) is 26.4. The Hall–Kier alpha value is -2.90. The summed E-state index contributed by atoms with van der Waals surface area (Å²) in [6, 6.07) is 22.2. The molecule has 0 fully saturated rings. The topological polar surface area (TPSA) is 78.9 Å². The molecule has 0 aliphatic carbocycles. The highest BCUT2D eigenvalue weighted by molar-refractivity contribution is 6.31. The van der Waals surface area contributed by atoms with E-state index < -0.39 is 18.2 Å². The molecule has 1 aliphatic heterocycles. The minimum atomic E-state index is -1.02. The van der Waals surface area contributed by atoms with Crippen molar-refractivity contribution in [3.63, 3.8) is 0 Å². The van der Waals surface area contributed by atoms with Gasteiger partial charge in [0.15, 0.2) is 6.10 Å². The van der Waals surface area contributed by atoms with E-state index in [1.807, 2.05) is 48.5 Å². The number of aliphatic carboxylic acids is 1. The van der Waals surface area contributed by atoms with Crippen LogP contribution in [-0.4, -0.2) is 36.2 Å². The summed E-state index contributed by atoms with van der Waals surface area (Å²) in [6.07, 6.45) is -1.62. The first kappa shape index (κ1) is 23.3. The van der Waals surface area contributed by atoms with Gasteiger partial charge >= 0.3 is 5.97 Å². The fourth-order valence-corrected chi connectivity index (χ4v) is 4.29. The lowest BCUT2D eigenvalue weighted by Gasteiger charge is -2.25. The van der Waals surface area contributed by atoms with Crippen LogP contribution in [0.2, 0.25) is 10.0 Å². The largest absolute Gasteiger partial charge is 0.480 e. The monoisotopic (exact) mass is 484 g/mol. The third-order valence-corrected chi connectivity index (χ3v) is 5.96. The van der Waals surface area contributed by atoms with Gasteiger partial charge in [-0.15, -0.1) is 0 Å². The number of carbonyl (C=O) groups is 2. The van der Waals surface area contributed by atoms with Gasteiger partial charge in [-0.05, 0) is 29.8 Å². The number of carboxylic acid groups (broad SMARTS) is 1. The third kappa shape index (κ3) is 5.37. The Morgan fingerprint density at radius 3 is 2.45 bits per heavy atom. The molecule has 0 spiro atoms. The lowest BCUT2D eigenvalue weighted by atomic mass is 9.99. The van der Waals surface area contributed by atoms with Crippen LogP contribution in [0.15, 0.2) is 72.8 Å². The molecule has 1 heterocycles. The van der Waals surface area contributed by atoms with Gasteiger partial charge in [0.25, 0.3) is 5.91 Å². The molecule has 2 atom stereocenters. The van der Waals surface area contributed by atoms with E-state index in [1.165, 1.54) is 0 Å². The molecule has 0 bridgehead atoms. The molecule has 8 heteroatoms. The van der Waals surface area contributed by atoms with Crippen molar-refractivity contribution in [2.45, 2.75) is 18.8 Å². The molecule has 33 heavy (non-hydrogen) atoms. The molecule has 170 valence electrons. The quantitative estimate of drug-likeness (QED) is 0.508. The van der Waals surface area contributed by atoms with Gasteiger partial charge in [-0.3, -0.25) is 9.59 Å². The number of benzene rings is 3. The Morgan fingerprint density at radius 2 is 1.73 bits per heavy atom. The van der Waals surface area contributed by atoms with Gasteiger partial charge in [-0.25, -0.2) is 0 Å². The van der Waals surface area contributed by atoms with Gasteiger partial charge < -0.3 is 20.1 Å². The van der Waals surface area contributed by atoms with Gasteiger partial charge in [0, 0.05) is 27.7 Å². The van der Waals surface area contributed by atoms with E-state index in [0.29, 0.717) is 33.4 Å². The van der Waals surface area contributed by atoms with E-state index in [2.05, 4.69) is 5.32 Å². The molecule has 6 nitrogen and oxygen atoms in total. The molecular weight excluding hydrogens is 463 g/mol. The van der Waals surface area contributed by atoms with Crippen LogP contribution in [0, 0.1) is 0 Å². The van der Waals surface area contributed by atoms with E-state index in [9.17, 15) is 9.59 Å². The van der Waals surface area contributed by atoms with E-state index in [4.69, 9.17) is 33.0 Å². The molecular formula is C25H22Cl2N2O4. The zero-order valence-corrected chi connectivity index (χ0v) is 19.1. The number of rotatable bonds is 7. The summed E-state index contributed by atoms with van der Waals surface area (Å²) < 4.78 is 6.33. The number of anilines is 1. The predicted octanol–water partition coefficient (Wildman–Crippen LogP) is 4.69. The Balaban J connectivity index is 1.81. The van der Waals surface area contributed by atoms with Crippen molar-refractivity contribution in [3.8, 4) is 0 Å². The molecule has 0 saturated heterocycles. The second-order valence-electron chi connectivity index (χ2n) is 7.66. The smallest absolute Gasteiger partial charge is 0.317 e. The Bertz CT molecular complexity index is 1160. The lowest BCUT2D eigenvalue weighted by Crippen LogP contribution is -2.45. The highest BCUT2D eigenvalue weighted by atomic mass is 35.5. The maximum absolute atomic E-state index is 13.7. The predicted molar refractivity (Wildman–Crippen MR) is 128 cm³/mol. The standard InChI is InChI=1S/C25H22Cl2N2O4/c26-17-10-11-21-19(12-17)24(18-8-4-5-9-20(18)27)33-22(13-28-14-23(30)31)25(32)29(21)15-16-6-2-1-3-7-16/h1-12,22,24,28H,13-15H2,(H,30,31)/t22-,24-/m1/s1. The molecule has 0 aromatic heterocycles. The summed E-state index contributed by atoms with van der Waals surface area (Å²) in [6.45, 7) is 0.0583. The second kappa shape index (κ2) is 10.4. The Labute approximate surface area is 201 Å². The van der Waals surface area contributed by atoms with Crippen LogP contribution in [-0.2, 0) is 20.9 Å². The van der Waals surface area contributed by atoms with Gasteiger partial charge in [-0.1, -0.05) is 71.7 Å². The summed E-state index contributed by atoms with van der Waals surface area (Å²) in [5, 5.41) is 12.8. The molecule has 3 aromatic carbocycles. The number of nitrogens with one attached hydrogen (secondary N) is 1. The summed E-state index contributed by atoms with van der Waals surface area (Å²) in [5.41, 5.74) is 3.01. The zero-order valence-electron chi connectivity index (χ0n) is 17.6. The van der Waals surface area contributed by atoms with Gasteiger partial charge in [0.1, 0.15) is 6.10 Å². The number of carbonyl (C=O) groups excluding carboxylic acids is 1. The number of hydrogen-bond donors (Lipinski definition) is 2. The molecule has 0 saturated carbocycles. The van der Waals surface area contributed by atoms with E-state index in [-0.39, 0.29) is 19.0 Å². The van der Waals surface area contributed by atoms with Crippen molar-refractivity contribution < 1.29 is 19.4 Å². The Kier molecular flexibility index (Phi) is 7.30. The van der Waals surface area contributed by atoms with Crippen molar-refractivity contribution >= 4 is 40.8 Å². The highest BCUT2D eigenvalue weighted by Crippen LogP contribution is 2.41. The molecule has 0 radical (unpaired) electrons. The average Bonchev–Trinajstić information content (AvgIpc) is 2.90. The maximum Gasteiger partial charge on any atom is 0.317 e. The molecule has 0 unspecified atom stereocenters. The van der Waals surface area contributed by atoms with Crippen molar-refractivity contribution in [1.29, 1.82) is 0 Å². The molecule has 1 amide bonds. The minimum absolute atomic E-state index is 0.0269. The normalized spacial score (nSPS) is 18.0. The average molecular weight is 485 g/mol. The third-order valence-electron chi connectivity index (χ3n) is 5.38. The van der Waals surface area contributed by atoms with Crippen molar-refractivity contribution in [1.82, 2.24) is 5.32 Å². The summed E-state index contributed by atoms with van der Waals surface area (Å²) >= 11 is 12.9. The van der Waals surface area contributed by atoms with Crippen LogP contribution < -0.4 is 10.2 Å². The number of fused-ring (bicyclic) bond motifs is 1. The van der Waals surface area contributed by atoms with Gasteiger partial charge in [0.05, 0.1) is 18.8 Å². The van der Waals surface area contributed by atoms with Crippen molar-refractivity contribution in [2.75, 3.05) is 18.0 Å². The van der Waals surface area contributed by atoms with E-state index in [1.54, 1.807) is 29.2 Å². The van der Waals surface area contributed by atoms with Crippen molar-refractivity contribution in [2.24, 2.45) is 0 Å². The van der Waals surface area contributed by atoms with Crippen LogP contribution >= 0.6 is 23.2 Å². The first-order valence-electron chi connectivity index (χ1n) is 10.4. The summed E-state index contributed by atoms with van der Waals surface area (Å²) in [5.74, 6) is -1.30. The van der Waals surface area contributed by atoms with Crippen LogP contribution in [0.1, 0.15) is 22.8 Å². The van der Waals surface area contributed by atoms with E-state index >= 15 is 0 Å². The second-order valence-corrected chi connectivity index (χ2v) is 8.51. The first-order chi connectivity index (χ1) is 15.9. The van der Waals surface area contributed by atoms with Gasteiger partial charge in [0.2, 0.25) is 0 Å². The molecule has 2 N–H and O–H groups in total. The minimum Gasteiger partial charge on any atom is -0.480 e. The highest BCUT2D eigenvalue weighted by Gasteiger charge is 2.37. The summed E-state index contributed by atoms with van der Waals surface area (Å²) in [7, 11) is 0. The lowest BCUT2D eigenvalue weighted by molar-refractivity contribution is -0.137. The number of nitrogens with zero attached hydrogens (tertiary/aromatic N) is 1. The van der Waals surface area contributed by atoms with E-state index in [0.717, 1.165) is 5.56 Å². The fourth-order valence-electron chi connectivity index (χ4n) is 3.87. The number of carboxylic acids is 1. The molecule has 1 aliphatic rings. The SMILES string of the molecule is O=C(O)CNC[C@H]1O[C@H](c2ccccc2Cl)c2cc(Cl)ccc2N(Cc2ccccc2)C1=O.